The van der Waals surface area contributed by atoms with Crippen molar-refractivity contribution in [1.82, 2.24) is 19.9 Å². The summed E-state index contributed by atoms with van der Waals surface area (Å²) in [5, 5.41) is 0. The highest BCUT2D eigenvalue weighted by Gasteiger charge is 2.37. The van der Waals surface area contributed by atoms with Crippen LogP contribution < -0.4 is 0 Å². The molecule has 1 saturated heterocycles. The lowest BCUT2D eigenvalue weighted by Crippen LogP contribution is -2.44. The van der Waals surface area contributed by atoms with E-state index in [1.165, 1.54) is 6.07 Å². The van der Waals surface area contributed by atoms with E-state index in [9.17, 15) is 4.39 Å². The lowest BCUT2D eigenvalue weighted by Gasteiger charge is -2.38. The van der Waals surface area contributed by atoms with Gasteiger partial charge in [-0.2, -0.15) is 0 Å². The molecule has 1 aromatic carbocycles. The molecular weight excluding hydrogens is 343 g/mol. The van der Waals surface area contributed by atoms with Crippen molar-refractivity contribution in [2.75, 3.05) is 13.1 Å². The van der Waals surface area contributed by atoms with E-state index in [2.05, 4.69) is 26.8 Å². The molecule has 0 aliphatic carbocycles. The van der Waals surface area contributed by atoms with Gasteiger partial charge in [0.1, 0.15) is 11.6 Å². The molecule has 2 aromatic heterocycles. The fraction of sp³-hybridized carbons (Fsp3) is 0.381. The van der Waals surface area contributed by atoms with Gasteiger partial charge in [0.05, 0.1) is 17.3 Å². The number of likely N-dealkylation sites (tertiary alicyclic amines) is 1. The molecule has 0 radical (unpaired) electrons. The quantitative estimate of drug-likeness (QED) is 0.688. The summed E-state index contributed by atoms with van der Waals surface area (Å²) >= 11 is 0. The molecule has 3 heterocycles. The number of aromatic nitrogens is 3. The lowest BCUT2D eigenvalue weighted by atomic mass is 9.81. The molecule has 5 nitrogen and oxygen atoms in total. The van der Waals surface area contributed by atoms with Crippen LogP contribution in [0.4, 0.5) is 4.39 Å². The summed E-state index contributed by atoms with van der Waals surface area (Å²) < 4.78 is 19.9. The van der Waals surface area contributed by atoms with Crippen LogP contribution >= 0.6 is 0 Å². The van der Waals surface area contributed by atoms with Crippen molar-refractivity contribution >= 4 is 0 Å². The first kappa shape index (κ1) is 17.8. The van der Waals surface area contributed by atoms with Crippen LogP contribution in [0.15, 0.2) is 53.5 Å². The zero-order chi connectivity index (χ0) is 18.7. The third-order valence-electron chi connectivity index (χ3n) is 5.17. The minimum atomic E-state index is -0.213. The monoisotopic (exact) mass is 366 g/mol. The number of halogens is 1. The molecule has 0 bridgehead atoms. The Morgan fingerprint density at radius 1 is 1.19 bits per heavy atom. The lowest BCUT2D eigenvalue weighted by molar-refractivity contribution is 0.128. The molecule has 1 atom stereocenters. The van der Waals surface area contributed by atoms with E-state index in [1.807, 2.05) is 12.3 Å². The van der Waals surface area contributed by atoms with Crippen molar-refractivity contribution in [1.29, 1.82) is 0 Å². The number of oxazole rings is 1. The first-order valence-corrected chi connectivity index (χ1v) is 9.28. The molecule has 0 saturated carbocycles. The van der Waals surface area contributed by atoms with Crippen LogP contribution in [0.3, 0.4) is 0 Å². The molecule has 3 aromatic rings. The summed E-state index contributed by atoms with van der Waals surface area (Å²) in [6.45, 7) is 4.83. The van der Waals surface area contributed by atoms with Crippen LogP contribution in [0.25, 0.3) is 0 Å². The van der Waals surface area contributed by atoms with E-state index < -0.39 is 0 Å². The Balaban J connectivity index is 1.47. The molecule has 1 fully saturated rings. The maximum atomic E-state index is 13.9. The van der Waals surface area contributed by atoms with Crippen molar-refractivity contribution in [3.05, 3.63) is 77.8 Å². The van der Waals surface area contributed by atoms with E-state index in [4.69, 9.17) is 4.42 Å². The summed E-state index contributed by atoms with van der Waals surface area (Å²) in [6, 6.07) is 6.78. The molecule has 1 aliphatic heterocycles. The van der Waals surface area contributed by atoms with Gasteiger partial charge in [0, 0.05) is 38.1 Å². The Bertz CT molecular complexity index is 898. The summed E-state index contributed by atoms with van der Waals surface area (Å²) in [5.41, 5.74) is 1.43. The van der Waals surface area contributed by atoms with E-state index in [0.717, 1.165) is 44.1 Å². The van der Waals surface area contributed by atoms with Gasteiger partial charge in [-0.3, -0.25) is 14.9 Å². The minimum absolute atomic E-state index is 0.159. The maximum absolute atomic E-state index is 13.9. The molecule has 0 amide bonds. The molecule has 0 N–H and O–H groups in total. The van der Waals surface area contributed by atoms with E-state index in [-0.39, 0.29) is 11.2 Å². The van der Waals surface area contributed by atoms with Crippen LogP contribution in [-0.4, -0.2) is 32.9 Å². The summed E-state index contributed by atoms with van der Waals surface area (Å²) in [6.07, 6.45) is 9.46. The summed E-state index contributed by atoms with van der Waals surface area (Å²) in [4.78, 5) is 15.4. The van der Waals surface area contributed by atoms with Crippen LogP contribution in [0, 0.1) is 5.82 Å². The van der Waals surface area contributed by atoms with Crippen LogP contribution in [0.5, 0.6) is 0 Å². The topological polar surface area (TPSA) is 55.1 Å². The standard InChI is InChI=1S/C21H23FN4O/c1-21(7-4-10-26(15-21)14-17-12-23-8-9-24-17)20-25-13-18(27-20)11-16-5-2-3-6-19(16)22/h2-3,5-6,8-9,12-13H,4,7,10-11,14-15H2,1H3. The minimum Gasteiger partial charge on any atom is -0.445 e. The Hall–Kier alpha value is -2.60. The second-order valence-electron chi connectivity index (χ2n) is 7.47. The first-order chi connectivity index (χ1) is 13.1. The Morgan fingerprint density at radius 3 is 2.89 bits per heavy atom. The SMILES string of the molecule is CC1(c2ncc(Cc3ccccc3F)o2)CCCN(Cc2cnccn2)C1. The highest BCUT2D eigenvalue weighted by atomic mass is 19.1. The fourth-order valence-electron chi connectivity index (χ4n) is 3.79. The van der Waals surface area contributed by atoms with Gasteiger partial charge in [0.2, 0.25) is 5.89 Å². The predicted octanol–water partition coefficient (Wildman–Crippen LogP) is 3.75. The molecule has 6 heteroatoms. The number of hydrogen-bond donors (Lipinski definition) is 0. The van der Waals surface area contributed by atoms with Crippen molar-refractivity contribution in [3.63, 3.8) is 0 Å². The van der Waals surface area contributed by atoms with Gasteiger partial charge in [-0.15, -0.1) is 0 Å². The average Bonchev–Trinajstić information content (AvgIpc) is 3.14. The van der Waals surface area contributed by atoms with Gasteiger partial charge >= 0.3 is 0 Å². The number of piperidine rings is 1. The van der Waals surface area contributed by atoms with Crippen LogP contribution in [0.2, 0.25) is 0 Å². The van der Waals surface area contributed by atoms with Crippen molar-refractivity contribution in [2.45, 2.75) is 38.1 Å². The van der Waals surface area contributed by atoms with E-state index in [1.54, 1.807) is 30.7 Å². The van der Waals surface area contributed by atoms with Crippen LogP contribution in [0.1, 0.15) is 42.7 Å². The Labute approximate surface area is 158 Å². The fourth-order valence-corrected chi connectivity index (χ4v) is 3.79. The highest BCUT2D eigenvalue weighted by Crippen LogP contribution is 2.34. The smallest absolute Gasteiger partial charge is 0.201 e. The summed E-state index contributed by atoms with van der Waals surface area (Å²) in [5.74, 6) is 1.22. The van der Waals surface area contributed by atoms with E-state index in [0.29, 0.717) is 17.7 Å². The molecule has 1 unspecified atom stereocenters. The van der Waals surface area contributed by atoms with Gasteiger partial charge in [-0.1, -0.05) is 18.2 Å². The molecule has 1 aliphatic rings. The second kappa shape index (κ2) is 7.56. The third kappa shape index (κ3) is 4.06. The van der Waals surface area contributed by atoms with Gasteiger partial charge in [0.25, 0.3) is 0 Å². The second-order valence-corrected chi connectivity index (χ2v) is 7.47. The Morgan fingerprint density at radius 2 is 2.07 bits per heavy atom. The van der Waals surface area contributed by atoms with Crippen molar-refractivity contribution in [2.24, 2.45) is 0 Å². The number of benzene rings is 1. The van der Waals surface area contributed by atoms with Gasteiger partial charge < -0.3 is 4.42 Å². The number of nitrogens with zero attached hydrogens (tertiary/aromatic N) is 4. The van der Waals surface area contributed by atoms with Crippen molar-refractivity contribution in [3.8, 4) is 0 Å². The average molecular weight is 366 g/mol. The normalized spacial score (nSPS) is 20.7. The van der Waals surface area contributed by atoms with Gasteiger partial charge in [0.15, 0.2) is 0 Å². The largest absolute Gasteiger partial charge is 0.445 e. The van der Waals surface area contributed by atoms with Crippen LogP contribution in [-0.2, 0) is 18.4 Å². The molecular formula is C21H23FN4O. The number of rotatable bonds is 5. The molecule has 0 spiro atoms. The zero-order valence-corrected chi connectivity index (χ0v) is 15.4. The maximum Gasteiger partial charge on any atom is 0.201 e. The van der Waals surface area contributed by atoms with Gasteiger partial charge in [-0.25, -0.2) is 9.37 Å². The zero-order valence-electron chi connectivity index (χ0n) is 15.4. The van der Waals surface area contributed by atoms with Gasteiger partial charge in [-0.05, 0) is 37.9 Å². The predicted molar refractivity (Wildman–Crippen MR) is 99.6 cm³/mol. The Kier molecular flexibility index (Phi) is 4.99. The molecule has 27 heavy (non-hydrogen) atoms. The first-order valence-electron chi connectivity index (χ1n) is 9.28. The van der Waals surface area contributed by atoms with E-state index >= 15 is 0 Å². The molecule has 140 valence electrons. The summed E-state index contributed by atoms with van der Waals surface area (Å²) in [7, 11) is 0. The van der Waals surface area contributed by atoms with Crippen molar-refractivity contribution < 1.29 is 8.81 Å². The highest BCUT2D eigenvalue weighted by molar-refractivity contribution is 5.22. The number of hydrogen-bond acceptors (Lipinski definition) is 5. The molecule has 4 rings (SSSR count). The third-order valence-corrected chi connectivity index (χ3v) is 5.17.